The number of hydrogen-bond donors (Lipinski definition) is 0. The molecule has 12 aromatic carbocycles. The number of hydrogen-bond acceptors (Lipinski definition) is 0. The van der Waals surface area contributed by atoms with Crippen LogP contribution in [0.25, 0.3) is 66.8 Å². The van der Waals surface area contributed by atoms with Crippen LogP contribution < -0.4 is 0 Å². The summed E-state index contributed by atoms with van der Waals surface area (Å²) in [6.45, 7) is 4.37. The van der Waals surface area contributed by atoms with Crippen LogP contribution in [-0.4, -0.2) is 0 Å². The highest BCUT2D eigenvalue weighted by atomic mass is 14.5. The van der Waals surface area contributed by atoms with Crippen LogP contribution in [0, 0.1) is 13.8 Å². The summed E-state index contributed by atoms with van der Waals surface area (Å²) in [4.78, 5) is 0. The Balaban J connectivity index is 0.908. The molecule has 16 rings (SSSR count). The van der Waals surface area contributed by atoms with Gasteiger partial charge in [0.1, 0.15) is 0 Å². The smallest absolute Gasteiger partial charge is 0.0622 e. The highest BCUT2D eigenvalue weighted by Crippen LogP contribution is 2.65. The molecule has 12 aromatic rings. The minimum atomic E-state index is -0.546. The van der Waals surface area contributed by atoms with Crippen LogP contribution >= 0.6 is 0 Å². The molecule has 0 heterocycles. The first kappa shape index (κ1) is 44.0. The Kier molecular flexibility index (Phi) is 9.32. The summed E-state index contributed by atoms with van der Waals surface area (Å²) < 4.78 is 0. The van der Waals surface area contributed by atoms with E-state index in [0.717, 1.165) is 0 Å². The third kappa shape index (κ3) is 5.82. The normalized spacial score (nSPS) is 14.7. The summed E-state index contributed by atoms with van der Waals surface area (Å²) in [5.41, 5.74) is 32.0. The van der Waals surface area contributed by atoms with Gasteiger partial charge in [-0.15, -0.1) is 0 Å². The lowest BCUT2D eigenvalue weighted by molar-refractivity contribution is 0.768. The first-order valence-corrected chi connectivity index (χ1v) is 27.2. The van der Waals surface area contributed by atoms with Gasteiger partial charge in [0.05, 0.1) is 16.2 Å². The zero-order valence-electron chi connectivity index (χ0n) is 43.1. The van der Waals surface area contributed by atoms with Crippen LogP contribution in [0.15, 0.2) is 279 Å². The molecule has 1 spiro atoms. The lowest BCUT2D eigenvalue weighted by Crippen LogP contribution is -2.28. The van der Waals surface area contributed by atoms with Crippen LogP contribution in [0.2, 0.25) is 0 Å². The van der Waals surface area contributed by atoms with Gasteiger partial charge >= 0.3 is 0 Å². The third-order valence-electron chi connectivity index (χ3n) is 18.2. The molecule has 77 heavy (non-hydrogen) atoms. The largest absolute Gasteiger partial charge is 0.0725 e. The van der Waals surface area contributed by atoms with E-state index in [-0.39, 0.29) is 0 Å². The molecule has 0 fully saturated rings. The first-order chi connectivity index (χ1) is 38.0. The molecule has 0 aromatic heterocycles. The van der Waals surface area contributed by atoms with Gasteiger partial charge in [-0.05, 0) is 172 Å². The van der Waals surface area contributed by atoms with Crippen LogP contribution in [0.1, 0.15) is 77.9 Å². The van der Waals surface area contributed by atoms with Gasteiger partial charge in [0.25, 0.3) is 0 Å². The Morgan fingerprint density at radius 3 is 0.727 bits per heavy atom. The predicted octanol–water partition coefficient (Wildman–Crippen LogP) is 18.7. The fraction of sp³-hybridized carbons (Fsp3) is 0.0649. The van der Waals surface area contributed by atoms with Crippen molar-refractivity contribution in [1.29, 1.82) is 0 Å². The molecule has 0 saturated heterocycles. The third-order valence-corrected chi connectivity index (χ3v) is 18.2. The molecule has 4 aliphatic rings. The quantitative estimate of drug-likeness (QED) is 0.156. The molecule has 0 bridgehead atoms. The van der Waals surface area contributed by atoms with Gasteiger partial charge in [0, 0.05) is 0 Å². The monoisotopic (exact) mass is 976 g/mol. The number of benzene rings is 12. The van der Waals surface area contributed by atoms with E-state index >= 15 is 0 Å². The van der Waals surface area contributed by atoms with Gasteiger partial charge < -0.3 is 0 Å². The summed E-state index contributed by atoms with van der Waals surface area (Å²) in [5, 5.41) is 0. The summed E-state index contributed by atoms with van der Waals surface area (Å²) in [7, 11) is 0. The number of fused-ring (bicyclic) bond motifs is 16. The van der Waals surface area contributed by atoms with Crippen molar-refractivity contribution in [2.45, 2.75) is 30.1 Å². The first-order valence-electron chi connectivity index (χ1n) is 27.2. The van der Waals surface area contributed by atoms with E-state index in [2.05, 4.69) is 293 Å². The van der Waals surface area contributed by atoms with E-state index in [0.29, 0.717) is 0 Å². The van der Waals surface area contributed by atoms with Crippen molar-refractivity contribution >= 4 is 0 Å². The minimum absolute atomic E-state index is 0.487. The summed E-state index contributed by atoms with van der Waals surface area (Å²) in [6.07, 6.45) is 0. The van der Waals surface area contributed by atoms with Gasteiger partial charge in [-0.25, -0.2) is 0 Å². The Morgan fingerprint density at radius 1 is 0.182 bits per heavy atom. The van der Waals surface area contributed by atoms with Crippen molar-refractivity contribution in [3.8, 4) is 66.8 Å². The second kappa shape index (κ2) is 16.3. The van der Waals surface area contributed by atoms with E-state index in [1.807, 2.05) is 0 Å². The molecule has 360 valence electrons. The summed E-state index contributed by atoms with van der Waals surface area (Å²) >= 11 is 0. The average Bonchev–Trinajstić information content (AvgIpc) is 4.33. The Morgan fingerprint density at radius 2 is 0.416 bits per heavy atom. The van der Waals surface area contributed by atoms with E-state index in [4.69, 9.17) is 0 Å². The fourth-order valence-corrected chi connectivity index (χ4v) is 15.0. The van der Waals surface area contributed by atoms with Crippen LogP contribution in [-0.2, 0) is 16.2 Å². The molecule has 0 saturated carbocycles. The Bertz CT molecular complexity index is 4250. The van der Waals surface area contributed by atoms with E-state index < -0.39 is 16.2 Å². The maximum Gasteiger partial charge on any atom is 0.0725 e. The molecule has 0 aliphatic heterocycles. The van der Waals surface area contributed by atoms with Gasteiger partial charge in [0.15, 0.2) is 0 Å². The van der Waals surface area contributed by atoms with Gasteiger partial charge in [-0.2, -0.15) is 0 Å². The van der Waals surface area contributed by atoms with Gasteiger partial charge in [-0.1, -0.05) is 266 Å². The van der Waals surface area contributed by atoms with E-state index in [1.54, 1.807) is 0 Å². The van der Waals surface area contributed by atoms with Crippen molar-refractivity contribution in [2.24, 2.45) is 0 Å². The molecule has 0 amide bonds. The van der Waals surface area contributed by atoms with Crippen molar-refractivity contribution in [2.75, 3.05) is 0 Å². The second-order valence-electron chi connectivity index (χ2n) is 21.9. The number of aryl methyl sites for hydroxylation is 2. The fourth-order valence-electron chi connectivity index (χ4n) is 15.0. The molecular weight excluding hydrogens is 925 g/mol. The lowest BCUT2D eigenvalue weighted by Gasteiger charge is -2.34. The average molecular weight is 977 g/mol. The minimum Gasteiger partial charge on any atom is -0.0622 e. The maximum absolute atomic E-state index is 2.55. The maximum atomic E-state index is 2.55. The molecule has 0 nitrogen and oxygen atoms in total. The summed E-state index contributed by atoms with van der Waals surface area (Å²) in [6, 6.07) is 107. The molecule has 0 atom stereocenters. The van der Waals surface area contributed by atoms with Crippen molar-refractivity contribution in [3.05, 3.63) is 357 Å². The zero-order valence-corrected chi connectivity index (χ0v) is 43.1. The zero-order chi connectivity index (χ0) is 51.0. The summed E-state index contributed by atoms with van der Waals surface area (Å²) in [5.74, 6) is 0. The van der Waals surface area contributed by atoms with E-state index in [1.165, 1.54) is 145 Å². The molecule has 0 N–H and O–H groups in total. The molecule has 0 heteroatoms. The van der Waals surface area contributed by atoms with E-state index in [9.17, 15) is 0 Å². The topological polar surface area (TPSA) is 0 Å². The van der Waals surface area contributed by atoms with Crippen LogP contribution in [0.5, 0.6) is 0 Å². The van der Waals surface area contributed by atoms with Crippen LogP contribution in [0.4, 0.5) is 0 Å². The highest BCUT2D eigenvalue weighted by Gasteiger charge is 2.53. The van der Waals surface area contributed by atoms with Crippen molar-refractivity contribution < 1.29 is 0 Å². The van der Waals surface area contributed by atoms with Crippen molar-refractivity contribution in [1.82, 2.24) is 0 Å². The van der Waals surface area contributed by atoms with Crippen molar-refractivity contribution in [3.63, 3.8) is 0 Å². The highest BCUT2D eigenvalue weighted by molar-refractivity contribution is 5.98. The van der Waals surface area contributed by atoms with Gasteiger partial charge in [0.2, 0.25) is 0 Å². The predicted molar refractivity (Wildman–Crippen MR) is 318 cm³/mol. The lowest BCUT2D eigenvalue weighted by atomic mass is 9.67. The standard InChI is InChI=1S/C77H52/c1-49-29-37-57(38-30-49)76(58-39-31-50(2)32-40-58)68-26-14-10-24-62(68)64-42-34-52(46-72(64)76)54-36-44-66-65-43-35-53(47-73(65)77(74(66)48-54)69-27-15-11-21-59(69)60-22-12-16-28-70(60)77)51-33-41-63-61-23-9-13-25-67(61)75(71(63)45-51,55-17-5-3-6-18-55)56-19-7-4-8-20-56/h3-48H,1-2H3. The molecular formula is C77H52. The second-order valence-corrected chi connectivity index (χ2v) is 21.9. The Labute approximate surface area is 451 Å². The molecule has 4 aliphatic carbocycles. The Hall–Kier alpha value is -9.36. The van der Waals surface area contributed by atoms with Crippen LogP contribution in [0.3, 0.4) is 0 Å². The number of rotatable bonds is 6. The molecule has 0 unspecified atom stereocenters. The van der Waals surface area contributed by atoms with Gasteiger partial charge in [-0.3, -0.25) is 0 Å². The molecule has 0 radical (unpaired) electrons. The SMILES string of the molecule is Cc1ccc(C2(c3ccc(C)cc3)c3ccccc3-c3ccc(-c4ccc5c(c4)C4(c6ccccc6-c6ccccc64)c4cc(-c6ccc7c(c6)C(c6ccccc6)(c6ccccc6)c6ccccc6-7)ccc4-5)cc32)cc1.